The standard InChI is InChI=1S/C23H27N3O3/c1-23(2,3)22(29)26-19-6-4-5-17(13-19)20(27)24-14-15-7-11-18(12-8-15)25-21(28)16-9-10-16/h4-8,11-13,16H,9-10,14H2,1-3H3,(H,24,27)(H,25,28)(H,26,29). The third kappa shape index (κ3) is 5.91. The van der Waals surface area contributed by atoms with Gasteiger partial charge in [0.25, 0.3) is 5.91 Å². The minimum absolute atomic E-state index is 0.0736. The molecule has 1 aliphatic rings. The van der Waals surface area contributed by atoms with Crippen molar-refractivity contribution >= 4 is 29.1 Å². The van der Waals surface area contributed by atoms with Crippen LogP contribution in [0.1, 0.15) is 49.5 Å². The summed E-state index contributed by atoms with van der Waals surface area (Å²) in [4.78, 5) is 36.4. The molecule has 1 aliphatic carbocycles. The number of nitrogens with one attached hydrogen (secondary N) is 3. The Morgan fingerprint density at radius 1 is 0.931 bits per heavy atom. The highest BCUT2D eigenvalue weighted by Gasteiger charge is 2.29. The molecule has 2 aromatic rings. The van der Waals surface area contributed by atoms with Crippen LogP contribution in [0.3, 0.4) is 0 Å². The molecule has 3 amide bonds. The van der Waals surface area contributed by atoms with Gasteiger partial charge >= 0.3 is 0 Å². The Kier molecular flexibility index (Phi) is 6.01. The zero-order chi connectivity index (χ0) is 21.0. The van der Waals surface area contributed by atoms with Crippen molar-refractivity contribution in [2.24, 2.45) is 11.3 Å². The van der Waals surface area contributed by atoms with Crippen molar-refractivity contribution in [3.63, 3.8) is 0 Å². The second-order valence-corrected chi connectivity index (χ2v) is 8.43. The predicted molar refractivity (Wildman–Crippen MR) is 113 cm³/mol. The topological polar surface area (TPSA) is 87.3 Å². The van der Waals surface area contributed by atoms with Crippen molar-refractivity contribution in [1.82, 2.24) is 5.32 Å². The largest absolute Gasteiger partial charge is 0.348 e. The predicted octanol–water partition coefficient (Wildman–Crippen LogP) is 3.95. The fraction of sp³-hybridized carbons (Fsp3) is 0.348. The smallest absolute Gasteiger partial charge is 0.251 e. The number of hydrogen-bond donors (Lipinski definition) is 3. The first-order chi connectivity index (χ1) is 13.7. The number of amides is 3. The molecule has 0 radical (unpaired) electrons. The number of benzene rings is 2. The summed E-state index contributed by atoms with van der Waals surface area (Å²) < 4.78 is 0. The lowest BCUT2D eigenvalue weighted by Gasteiger charge is -2.18. The van der Waals surface area contributed by atoms with Crippen LogP contribution in [0.15, 0.2) is 48.5 Å². The third-order valence-electron chi connectivity index (χ3n) is 4.69. The van der Waals surface area contributed by atoms with Crippen LogP contribution in [0, 0.1) is 11.3 Å². The van der Waals surface area contributed by atoms with E-state index in [9.17, 15) is 14.4 Å². The summed E-state index contributed by atoms with van der Waals surface area (Å²) in [6, 6.07) is 14.3. The van der Waals surface area contributed by atoms with E-state index in [1.807, 2.05) is 45.0 Å². The quantitative estimate of drug-likeness (QED) is 0.694. The first-order valence-corrected chi connectivity index (χ1v) is 9.82. The molecule has 29 heavy (non-hydrogen) atoms. The van der Waals surface area contributed by atoms with Crippen LogP contribution in [0.4, 0.5) is 11.4 Å². The van der Waals surface area contributed by atoms with E-state index < -0.39 is 5.41 Å². The van der Waals surface area contributed by atoms with Gasteiger partial charge in [-0.05, 0) is 48.7 Å². The highest BCUT2D eigenvalue weighted by atomic mass is 16.2. The van der Waals surface area contributed by atoms with Gasteiger partial charge in [-0.15, -0.1) is 0 Å². The van der Waals surface area contributed by atoms with E-state index in [2.05, 4.69) is 16.0 Å². The molecule has 1 fully saturated rings. The van der Waals surface area contributed by atoms with Crippen molar-refractivity contribution < 1.29 is 14.4 Å². The second kappa shape index (κ2) is 8.47. The summed E-state index contributed by atoms with van der Waals surface area (Å²) in [6.07, 6.45) is 1.94. The van der Waals surface area contributed by atoms with E-state index in [1.54, 1.807) is 24.3 Å². The summed E-state index contributed by atoms with van der Waals surface area (Å²) in [5, 5.41) is 8.60. The van der Waals surface area contributed by atoms with E-state index >= 15 is 0 Å². The van der Waals surface area contributed by atoms with Crippen LogP contribution in [0.25, 0.3) is 0 Å². The molecule has 152 valence electrons. The maximum Gasteiger partial charge on any atom is 0.251 e. The first kappa shape index (κ1) is 20.6. The van der Waals surface area contributed by atoms with Crippen molar-refractivity contribution in [1.29, 1.82) is 0 Å². The molecule has 6 nitrogen and oxygen atoms in total. The molecular formula is C23H27N3O3. The molecule has 0 unspecified atom stereocenters. The lowest BCUT2D eigenvalue weighted by molar-refractivity contribution is -0.123. The minimum atomic E-state index is -0.511. The summed E-state index contributed by atoms with van der Waals surface area (Å²) in [5.41, 5.74) is 2.25. The van der Waals surface area contributed by atoms with Gasteiger partial charge in [0.15, 0.2) is 0 Å². The Bertz CT molecular complexity index is 910. The normalized spacial score (nSPS) is 13.5. The zero-order valence-corrected chi connectivity index (χ0v) is 17.0. The molecule has 2 aromatic carbocycles. The number of anilines is 2. The number of carbonyl (C=O) groups is 3. The molecule has 0 aliphatic heterocycles. The molecule has 0 spiro atoms. The Labute approximate surface area is 171 Å². The number of carbonyl (C=O) groups excluding carboxylic acids is 3. The molecule has 6 heteroatoms. The fourth-order valence-corrected chi connectivity index (χ4v) is 2.64. The second-order valence-electron chi connectivity index (χ2n) is 8.43. The van der Waals surface area contributed by atoms with Crippen LogP contribution in [0.5, 0.6) is 0 Å². The Balaban J connectivity index is 1.54. The minimum Gasteiger partial charge on any atom is -0.348 e. The van der Waals surface area contributed by atoms with Gasteiger partial charge in [0.05, 0.1) is 0 Å². The average molecular weight is 393 g/mol. The maximum absolute atomic E-state index is 12.5. The third-order valence-corrected chi connectivity index (χ3v) is 4.69. The van der Waals surface area contributed by atoms with E-state index in [1.165, 1.54) is 0 Å². The molecule has 0 atom stereocenters. The summed E-state index contributed by atoms with van der Waals surface area (Å²) in [5.74, 6) is -0.0886. The molecule has 0 bridgehead atoms. The van der Waals surface area contributed by atoms with E-state index in [-0.39, 0.29) is 23.6 Å². The molecule has 3 N–H and O–H groups in total. The first-order valence-electron chi connectivity index (χ1n) is 9.82. The van der Waals surface area contributed by atoms with Crippen molar-refractivity contribution in [2.75, 3.05) is 10.6 Å². The van der Waals surface area contributed by atoms with Crippen molar-refractivity contribution in [3.05, 3.63) is 59.7 Å². The van der Waals surface area contributed by atoms with Crippen molar-refractivity contribution in [2.45, 2.75) is 40.2 Å². The van der Waals surface area contributed by atoms with Crippen LogP contribution in [0.2, 0.25) is 0 Å². The van der Waals surface area contributed by atoms with Gasteiger partial charge in [-0.25, -0.2) is 0 Å². The van der Waals surface area contributed by atoms with Crippen LogP contribution < -0.4 is 16.0 Å². The molecule has 0 saturated heterocycles. The van der Waals surface area contributed by atoms with Gasteiger partial charge in [0.1, 0.15) is 0 Å². The van der Waals surface area contributed by atoms with Crippen LogP contribution in [-0.2, 0) is 16.1 Å². The molecular weight excluding hydrogens is 366 g/mol. The number of hydrogen-bond acceptors (Lipinski definition) is 3. The molecule has 3 rings (SSSR count). The van der Waals surface area contributed by atoms with Gasteiger partial charge in [-0.1, -0.05) is 39.0 Å². The number of rotatable bonds is 6. The van der Waals surface area contributed by atoms with Crippen molar-refractivity contribution in [3.8, 4) is 0 Å². The Morgan fingerprint density at radius 3 is 2.24 bits per heavy atom. The summed E-state index contributed by atoms with van der Waals surface area (Å²) in [7, 11) is 0. The highest BCUT2D eigenvalue weighted by molar-refractivity contribution is 5.98. The monoisotopic (exact) mass is 393 g/mol. The summed E-state index contributed by atoms with van der Waals surface area (Å²) in [6.45, 7) is 5.87. The van der Waals surface area contributed by atoms with Gasteiger partial charge in [0, 0.05) is 34.8 Å². The molecule has 0 heterocycles. The fourth-order valence-electron chi connectivity index (χ4n) is 2.64. The average Bonchev–Trinajstić information content (AvgIpc) is 3.52. The molecule has 1 saturated carbocycles. The summed E-state index contributed by atoms with van der Waals surface area (Å²) >= 11 is 0. The van der Waals surface area contributed by atoms with E-state index in [4.69, 9.17) is 0 Å². The van der Waals surface area contributed by atoms with Crippen LogP contribution >= 0.6 is 0 Å². The SMILES string of the molecule is CC(C)(C)C(=O)Nc1cccc(C(=O)NCc2ccc(NC(=O)C3CC3)cc2)c1. The lowest BCUT2D eigenvalue weighted by Crippen LogP contribution is -2.28. The Hall–Kier alpha value is -3.15. The highest BCUT2D eigenvalue weighted by Crippen LogP contribution is 2.30. The molecule has 0 aromatic heterocycles. The van der Waals surface area contributed by atoms with Gasteiger partial charge in [0.2, 0.25) is 11.8 Å². The van der Waals surface area contributed by atoms with Gasteiger partial charge in [-0.3, -0.25) is 14.4 Å². The zero-order valence-electron chi connectivity index (χ0n) is 17.0. The van der Waals surface area contributed by atoms with Gasteiger partial charge < -0.3 is 16.0 Å². The van der Waals surface area contributed by atoms with E-state index in [0.29, 0.717) is 17.8 Å². The Morgan fingerprint density at radius 2 is 1.62 bits per heavy atom. The van der Waals surface area contributed by atoms with Crippen LogP contribution in [-0.4, -0.2) is 17.7 Å². The lowest BCUT2D eigenvalue weighted by atomic mass is 9.95. The van der Waals surface area contributed by atoms with Gasteiger partial charge in [-0.2, -0.15) is 0 Å². The van der Waals surface area contributed by atoms with E-state index in [0.717, 1.165) is 24.1 Å². The maximum atomic E-state index is 12.5.